The molecule has 0 aromatic carbocycles. The third kappa shape index (κ3) is 3.41. The van der Waals surface area contributed by atoms with Crippen LogP contribution in [0.5, 0.6) is 0 Å². The summed E-state index contributed by atoms with van der Waals surface area (Å²) in [5, 5.41) is 6.19. The van der Waals surface area contributed by atoms with Gasteiger partial charge in [0.05, 0.1) is 16.7 Å². The van der Waals surface area contributed by atoms with Gasteiger partial charge in [-0.05, 0) is 34.0 Å². The number of aromatic nitrogens is 3. The molecule has 2 aromatic rings. The van der Waals surface area contributed by atoms with Crippen LogP contribution in [0.3, 0.4) is 0 Å². The zero-order valence-electron chi connectivity index (χ0n) is 10.9. The van der Waals surface area contributed by atoms with Crippen LogP contribution in [0.2, 0.25) is 0 Å². The van der Waals surface area contributed by atoms with Gasteiger partial charge in [0.15, 0.2) is 0 Å². The number of halogens is 1. The van der Waals surface area contributed by atoms with Gasteiger partial charge >= 0.3 is 0 Å². The lowest BCUT2D eigenvalue weighted by Crippen LogP contribution is -2.08. The van der Waals surface area contributed by atoms with Crippen LogP contribution >= 0.6 is 15.9 Å². The Hall–Kier alpha value is -1.69. The third-order valence-electron chi connectivity index (χ3n) is 2.76. The number of nitrogens with one attached hydrogen (secondary N) is 2. The molecule has 5 nitrogen and oxygen atoms in total. The van der Waals surface area contributed by atoms with Crippen LogP contribution in [-0.4, -0.2) is 22.0 Å². The molecule has 100 valence electrons. The second-order valence-corrected chi connectivity index (χ2v) is 4.81. The van der Waals surface area contributed by atoms with Gasteiger partial charge in [-0.3, -0.25) is 4.98 Å². The van der Waals surface area contributed by atoms with E-state index in [1.807, 2.05) is 12.3 Å². The van der Waals surface area contributed by atoms with Crippen LogP contribution in [0.1, 0.15) is 18.2 Å². The van der Waals surface area contributed by atoms with Crippen molar-refractivity contribution in [1.29, 1.82) is 0 Å². The number of hydrogen-bond acceptors (Lipinski definition) is 5. The minimum absolute atomic E-state index is 0.586. The number of hydrogen-bond donors (Lipinski definition) is 2. The van der Waals surface area contributed by atoms with Crippen molar-refractivity contribution in [3.63, 3.8) is 0 Å². The minimum atomic E-state index is 0.586. The fraction of sp³-hybridized carbons (Fsp3) is 0.308. The monoisotopic (exact) mass is 321 g/mol. The topological polar surface area (TPSA) is 62.7 Å². The predicted octanol–water partition coefficient (Wildman–Crippen LogP) is 2.85. The molecule has 2 rings (SSSR count). The third-order valence-corrected chi connectivity index (χ3v) is 3.34. The summed E-state index contributed by atoms with van der Waals surface area (Å²) in [6.07, 6.45) is 4.50. The maximum atomic E-state index is 4.40. The molecule has 0 amide bonds. The first kappa shape index (κ1) is 13.7. The van der Waals surface area contributed by atoms with Crippen molar-refractivity contribution in [2.24, 2.45) is 0 Å². The van der Waals surface area contributed by atoms with Gasteiger partial charge in [-0.15, -0.1) is 0 Å². The van der Waals surface area contributed by atoms with Crippen molar-refractivity contribution in [3.05, 3.63) is 40.3 Å². The SMILES string of the molecule is CCc1cccnc1CNc1nc(NC)ncc1Br. The summed E-state index contributed by atoms with van der Waals surface area (Å²) in [4.78, 5) is 12.9. The number of nitrogens with zero attached hydrogens (tertiary/aromatic N) is 3. The Kier molecular flexibility index (Phi) is 4.68. The second kappa shape index (κ2) is 6.47. The highest BCUT2D eigenvalue weighted by molar-refractivity contribution is 9.10. The highest BCUT2D eigenvalue weighted by Crippen LogP contribution is 2.20. The van der Waals surface area contributed by atoms with Gasteiger partial charge in [0.25, 0.3) is 0 Å². The average Bonchev–Trinajstić information content (AvgIpc) is 2.46. The Bertz CT molecular complexity index is 558. The summed E-state index contributed by atoms with van der Waals surface area (Å²) in [5.74, 6) is 1.34. The molecule has 0 bridgehead atoms. The Labute approximate surface area is 121 Å². The number of aryl methyl sites for hydroxylation is 1. The van der Waals surface area contributed by atoms with Gasteiger partial charge in [0.2, 0.25) is 5.95 Å². The Balaban J connectivity index is 2.14. The van der Waals surface area contributed by atoms with E-state index in [-0.39, 0.29) is 0 Å². The highest BCUT2D eigenvalue weighted by atomic mass is 79.9. The molecule has 0 saturated carbocycles. The number of anilines is 2. The summed E-state index contributed by atoms with van der Waals surface area (Å²) in [5.41, 5.74) is 2.29. The predicted molar refractivity (Wildman–Crippen MR) is 80.2 cm³/mol. The molecule has 2 aromatic heterocycles. The molecule has 2 heterocycles. The van der Waals surface area contributed by atoms with Crippen molar-refractivity contribution in [1.82, 2.24) is 15.0 Å². The standard InChI is InChI=1S/C13H16BrN5/c1-3-9-5-4-6-16-11(9)8-17-12-10(14)7-18-13(15-2)19-12/h4-7H,3,8H2,1-2H3,(H2,15,17,18,19). The largest absolute Gasteiger partial charge is 0.363 e. The van der Waals surface area contributed by atoms with Crippen LogP contribution in [0.25, 0.3) is 0 Å². The van der Waals surface area contributed by atoms with E-state index < -0.39 is 0 Å². The molecule has 0 atom stereocenters. The summed E-state index contributed by atoms with van der Waals surface area (Å²) in [6.45, 7) is 2.77. The van der Waals surface area contributed by atoms with E-state index in [1.54, 1.807) is 13.2 Å². The van der Waals surface area contributed by atoms with Crippen LogP contribution in [0.4, 0.5) is 11.8 Å². The van der Waals surface area contributed by atoms with E-state index in [4.69, 9.17) is 0 Å². The summed E-state index contributed by atoms with van der Waals surface area (Å²) >= 11 is 3.43. The molecule has 0 saturated heterocycles. The van der Waals surface area contributed by atoms with E-state index in [0.29, 0.717) is 12.5 Å². The average molecular weight is 322 g/mol. The molecule has 0 radical (unpaired) electrons. The van der Waals surface area contributed by atoms with E-state index in [9.17, 15) is 0 Å². The quantitative estimate of drug-likeness (QED) is 0.886. The lowest BCUT2D eigenvalue weighted by atomic mass is 10.1. The fourth-order valence-corrected chi connectivity index (χ4v) is 2.06. The highest BCUT2D eigenvalue weighted by Gasteiger charge is 2.06. The molecule has 0 aliphatic heterocycles. The van der Waals surface area contributed by atoms with Gasteiger partial charge in [0.1, 0.15) is 5.82 Å². The Morgan fingerprint density at radius 3 is 2.89 bits per heavy atom. The molecule has 0 aliphatic carbocycles. The molecule has 0 unspecified atom stereocenters. The first-order chi connectivity index (χ1) is 9.24. The van der Waals surface area contributed by atoms with Crippen LogP contribution in [0.15, 0.2) is 29.0 Å². The maximum absolute atomic E-state index is 4.40. The van der Waals surface area contributed by atoms with Crippen molar-refractivity contribution in [2.75, 3.05) is 17.7 Å². The number of rotatable bonds is 5. The molecular formula is C13H16BrN5. The molecule has 0 aliphatic rings. The van der Waals surface area contributed by atoms with E-state index in [0.717, 1.165) is 22.4 Å². The summed E-state index contributed by atoms with van der Waals surface area (Å²) < 4.78 is 0.834. The maximum Gasteiger partial charge on any atom is 0.224 e. The minimum Gasteiger partial charge on any atom is -0.363 e. The number of pyridine rings is 1. The second-order valence-electron chi connectivity index (χ2n) is 3.96. The molecule has 0 fully saturated rings. The fourth-order valence-electron chi connectivity index (χ4n) is 1.73. The van der Waals surface area contributed by atoms with Gasteiger partial charge in [0, 0.05) is 19.4 Å². The Morgan fingerprint density at radius 2 is 2.16 bits per heavy atom. The normalized spacial score (nSPS) is 10.3. The summed E-state index contributed by atoms with van der Waals surface area (Å²) in [6, 6.07) is 4.06. The first-order valence-corrected chi connectivity index (χ1v) is 6.90. The first-order valence-electron chi connectivity index (χ1n) is 6.11. The smallest absolute Gasteiger partial charge is 0.224 e. The molecule has 19 heavy (non-hydrogen) atoms. The van der Waals surface area contributed by atoms with Crippen molar-refractivity contribution in [3.8, 4) is 0 Å². The zero-order valence-corrected chi connectivity index (χ0v) is 12.5. The van der Waals surface area contributed by atoms with Gasteiger partial charge in [-0.2, -0.15) is 4.98 Å². The van der Waals surface area contributed by atoms with E-state index in [1.165, 1.54) is 5.56 Å². The van der Waals surface area contributed by atoms with Crippen molar-refractivity contribution < 1.29 is 0 Å². The lowest BCUT2D eigenvalue weighted by Gasteiger charge is -2.10. The van der Waals surface area contributed by atoms with Crippen molar-refractivity contribution >= 4 is 27.7 Å². The van der Waals surface area contributed by atoms with Gasteiger partial charge in [-0.25, -0.2) is 4.98 Å². The molecular weight excluding hydrogens is 306 g/mol. The summed E-state index contributed by atoms with van der Waals surface area (Å²) in [7, 11) is 1.79. The molecule has 0 spiro atoms. The van der Waals surface area contributed by atoms with Gasteiger partial charge in [-0.1, -0.05) is 13.0 Å². The Morgan fingerprint density at radius 1 is 1.32 bits per heavy atom. The van der Waals surface area contributed by atoms with Crippen LogP contribution in [0, 0.1) is 0 Å². The lowest BCUT2D eigenvalue weighted by molar-refractivity contribution is 0.959. The van der Waals surface area contributed by atoms with Gasteiger partial charge < -0.3 is 10.6 Å². The molecule has 2 N–H and O–H groups in total. The van der Waals surface area contributed by atoms with E-state index in [2.05, 4.69) is 54.5 Å². The zero-order chi connectivity index (χ0) is 13.7. The van der Waals surface area contributed by atoms with Crippen LogP contribution < -0.4 is 10.6 Å². The molecule has 6 heteroatoms. The van der Waals surface area contributed by atoms with E-state index >= 15 is 0 Å². The van der Waals surface area contributed by atoms with Crippen LogP contribution in [-0.2, 0) is 13.0 Å². The van der Waals surface area contributed by atoms with Crippen molar-refractivity contribution in [2.45, 2.75) is 19.9 Å².